The van der Waals surface area contributed by atoms with Crippen molar-refractivity contribution in [2.24, 2.45) is 11.8 Å². The van der Waals surface area contributed by atoms with Crippen LogP contribution in [0.25, 0.3) is 0 Å². The summed E-state index contributed by atoms with van der Waals surface area (Å²) in [4.78, 5) is 47.0. The normalized spacial score (nSPS) is 21.1. The number of rotatable bonds is 9. The van der Waals surface area contributed by atoms with Crippen LogP contribution in [0.2, 0.25) is 0 Å². The Morgan fingerprint density at radius 3 is 2.66 bits per heavy atom. The third-order valence-corrected chi connectivity index (χ3v) is 7.00. The first-order valence-corrected chi connectivity index (χ1v) is 12.2. The van der Waals surface area contributed by atoms with Gasteiger partial charge in [0.05, 0.1) is 12.2 Å². The molecule has 2 aliphatic rings. The molecule has 2 saturated heterocycles. The number of furan rings is 1. The molecule has 0 spiro atoms. The van der Waals surface area contributed by atoms with Crippen molar-refractivity contribution in [1.82, 2.24) is 20.1 Å². The Labute approximate surface area is 205 Å². The molecule has 0 unspecified atom stereocenters. The highest BCUT2D eigenvalue weighted by Crippen LogP contribution is 2.38. The molecule has 4 amide bonds. The maximum Gasteiger partial charge on any atom is 0.325 e. The molecule has 35 heavy (non-hydrogen) atoms. The van der Waals surface area contributed by atoms with Crippen molar-refractivity contribution in [1.29, 1.82) is 0 Å². The van der Waals surface area contributed by atoms with Gasteiger partial charge in [-0.25, -0.2) is 4.79 Å². The van der Waals surface area contributed by atoms with Gasteiger partial charge >= 0.3 is 6.03 Å². The number of imide groups is 1. The molecular formula is C26H34N4O5. The van der Waals surface area contributed by atoms with Gasteiger partial charge in [-0.15, -0.1) is 0 Å². The highest BCUT2D eigenvalue weighted by atomic mass is 16.5. The highest BCUT2D eigenvalue weighted by molar-refractivity contribution is 6.07. The van der Waals surface area contributed by atoms with Gasteiger partial charge in [0, 0.05) is 26.4 Å². The molecule has 0 bridgehead atoms. The summed E-state index contributed by atoms with van der Waals surface area (Å²) in [7, 11) is 1.57. The molecule has 1 atom stereocenters. The van der Waals surface area contributed by atoms with Crippen molar-refractivity contribution < 1.29 is 23.5 Å². The van der Waals surface area contributed by atoms with E-state index in [1.807, 2.05) is 12.1 Å². The molecule has 4 heterocycles. The summed E-state index contributed by atoms with van der Waals surface area (Å²) < 4.78 is 10.7. The summed E-state index contributed by atoms with van der Waals surface area (Å²) in [6, 6.07) is 8.50. The summed E-state index contributed by atoms with van der Waals surface area (Å²) >= 11 is 0. The van der Waals surface area contributed by atoms with E-state index in [2.05, 4.69) is 24.1 Å². The summed E-state index contributed by atoms with van der Waals surface area (Å²) in [5.41, 5.74) is -0.288. The Bertz CT molecular complexity index is 1050. The van der Waals surface area contributed by atoms with E-state index in [0.717, 1.165) is 6.42 Å². The van der Waals surface area contributed by atoms with Gasteiger partial charge in [-0.05, 0) is 61.8 Å². The first-order chi connectivity index (χ1) is 16.8. The number of methoxy groups -OCH3 is 1. The lowest BCUT2D eigenvalue weighted by Gasteiger charge is -2.41. The quantitative estimate of drug-likeness (QED) is 0.548. The second-order valence-electron chi connectivity index (χ2n) is 9.81. The van der Waals surface area contributed by atoms with Crippen molar-refractivity contribution in [3.63, 3.8) is 0 Å². The van der Waals surface area contributed by atoms with Gasteiger partial charge in [0.25, 0.3) is 11.8 Å². The second-order valence-corrected chi connectivity index (χ2v) is 9.81. The first kappa shape index (κ1) is 24.9. The number of hydrogen-bond acceptors (Lipinski definition) is 6. The molecule has 9 heteroatoms. The van der Waals surface area contributed by atoms with E-state index < -0.39 is 5.54 Å². The topological polar surface area (TPSA) is 105 Å². The van der Waals surface area contributed by atoms with Crippen LogP contribution in [0.3, 0.4) is 0 Å². The zero-order valence-electron chi connectivity index (χ0n) is 20.7. The molecule has 0 aliphatic carbocycles. The van der Waals surface area contributed by atoms with Gasteiger partial charge in [-0.2, -0.15) is 0 Å². The summed E-state index contributed by atoms with van der Waals surface area (Å²) in [5, 5.41) is 3.08. The molecule has 9 nitrogen and oxygen atoms in total. The highest BCUT2D eigenvalue weighted by Gasteiger charge is 2.55. The predicted octanol–water partition coefficient (Wildman–Crippen LogP) is 3.60. The monoisotopic (exact) mass is 482 g/mol. The van der Waals surface area contributed by atoms with E-state index in [-0.39, 0.29) is 36.1 Å². The predicted molar refractivity (Wildman–Crippen MR) is 128 cm³/mol. The van der Waals surface area contributed by atoms with E-state index in [1.54, 1.807) is 36.4 Å². The average Bonchev–Trinajstić information content (AvgIpc) is 3.42. The van der Waals surface area contributed by atoms with Crippen LogP contribution in [0.4, 0.5) is 4.79 Å². The smallest absolute Gasteiger partial charge is 0.325 e. The number of amides is 4. The molecule has 2 fully saturated rings. The maximum absolute atomic E-state index is 13.8. The van der Waals surface area contributed by atoms with Crippen LogP contribution in [0, 0.1) is 11.8 Å². The zero-order valence-corrected chi connectivity index (χ0v) is 20.7. The molecule has 0 radical (unpaired) electrons. The number of ether oxygens (including phenoxy) is 1. The van der Waals surface area contributed by atoms with Crippen LogP contribution < -0.4 is 5.32 Å². The zero-order chi connectivity index (χ0) is 25.0. The van der Waals surface area contributed by atoms with Crippen LogP contribution in [-0.4, -0.2) is 58.4 Å². The van der Waals surface area contributed by atoms with Gasteiger partial charge in [0.15, 0.2) is 5.76 Å². The fourth-order valence-electron chi connectivity index (χ4n) is 5.05. The van der Waals surface area contributed by atoms with Gasteiger partial charge in [-0.1, -0.05) is 19.9 Å². The van der Waals surface area contributed by atoms with Crippen molar-refractivity contribution in [3.05, 3.63) is 53.7 Å². The first-order valence-electron chi connectivity index (χ1n) is 12.2. The number of nitrogens with one attached hydrogen (secondary N) is 1. The van der Waals surface area contributed by atoms with Crippen LogP contribution in [0.5, 0.6) is 0 Å². The molecule has 1 N–H and O–H groups in total. The molecule has 2 aromatic heterocycles. The fraction of sp³-hybridized carbons (Fsp3) is 0.538. The third kappa shape index (κ3) is 5.24. The number of urea groups is 1. The standard InChI is InChI=1S/C26H34N4O5/c1-18(2)9-12-26(24(32)30(25(33)28-26)16-20-6-4-5-13-27-20)19-10-14-29(15-11-19)23(31)22-8-7-21(35-22)17-34-3/h4-8,13,18-19H,9-12,14-17H2,1-3H3,(H,28,33)/t26-/m1/s1. The van der Waals surface area contributed by atoms with Crippen LogP contribution in [0.1, 0.15) is 61.5 Å². The Balaban J connectivity index is 1.48. The number of likely N-dealkylation sites (tertiary alicyclic amines) is 1. The van der Waals surface area contributed by atoms with E-state index in [1.165, 1.54) is 4.90 Å². The minimum atomic E-state index is -0.957. The average molecular weight is 483 g/mol. The van der Waals surface area contributed by atoms with Gasteiger partial charge in [0.2, 0.25) is 0 Å². The number of aromatic nitrogens is 1. The number of pyridine rings is 1. The summed E-state index contributed by atoms with van der Waals surface area (Å²) in [6.45, 7) is 5.68. The summed E-state index contributed by atoms with van der Waals surface area (Å²) in [6.07, 6.45) is 4.30. The van der Waals surface area contributed by atoms with Crippen molar-refractivity contribution in [2.75, 3.05) is 20.2 Å². The van der Waals surface area contributed by atoms with Crippen LogP contribution in [-0.2, 0) is 22.7 Å². The molecule has 0 aromatic carbocycles. The Kier molecular flexibility index (Phi) is 7.54. The Morgan fingerprint density at radius 1 is 1.23 bits per heavy atom. The molecular weight excluding hydrogens is 448 g/mol. The lowest BCUT2D eigenvalue weighted by molar-refractivity contribution is -0.134. The van der Waals surface area contributed by atoms with Gasteiger partial charge < -0.3 is 19.4 Å². The van der Waals surface area contributed by atoms with E-state index in [0.29, 0.717) is 56.3 Å². The molecule has 4 rings (SSSR count). The van der Waals surface area contributed by atoms with Crippen LogP contribution >= 0.6 is 0 Å². The number of carbonyl (C=O) groups is 3. The van der Waals surface area contributed by atoms with Crippen molar-refractivity contribution in [3.8, 4) is 0 Å². The van der Waals surface area contributed by atoms with E-state index in [4.69, 9.17) is 9.15 Å². The maximum atomic E-state index is 13.8. The van der Waals surface area contributed by atoms with Crippen molar-refractivity contribution >= 4 is 17.8 Å². The van der Waals surface area contributed by atoms with Gasteiger partial charge in [-0.3, -0.25) is 19.5 Å². The number of hydrogen-bond donors (Lipinski definition) is 1. The molecule has 188 valence electrons. The number of carbonyl (C=O) groups excluding carboxylic acids is 3. The van der Waals surface area contributed by atoms with E-state index >= 15 is 0 Å². The van der Waals surface area contributed by atoms with Gasteiger partial charge in [0.1, 0.15) is 17.9 Å². The lowest BCUT2D eigenvalue weighted by atomic mass is 9.73. The van der Waals surface area contributed by atoms with E-state index in [9.17, 15) is 14.4 Å². The fourth-order valence-corrected chi connectivity index (χ4v) is 5.05. The Morgan fingerprint density at radius 2 is 2.00 bits per heavy atom. The minimum absolute atomic E-state index is 0.0591. The van der Waals surface area contributed by atoms with Crippen LogP contribution in [0.15, 0.2) is 40.9 Å². The second kappa shape index (κ2) is 10.6. The third-order valence-electron chi connectivity index (χ3n) is 7.00. The minimum Gasteiger partial charge on any atom is -0.453 e. The lowest BCUT2D eigenvalue weighted by Crippen LogP contribution is -2.56. The molecule has 2 aliphatic heterocycles. The SMILES string of the molecule is COCc1ccc(C(=O)N2CCC([C@@]3(CCC(C)C)NC(=O)N(Cc4ccccn4)C3=O)CC2)o1. The largest absolute Gasteiger partial charge is 0.453 e. The number of piperidine rings is 1. The summed E-state index contributed by atoms with van der Waals surface area (Å²) in [5.74, 6) is 0.872. The number of nitrogens with zero attached hydrogens (tertiary/aromatic N) is 3. The van der Waals surface area contributed by atoms with Crippen molar-refractivity contribution in [2.45, 2.75) is 58.2 Å². The Hall–Kier alpha value is -3.20. The molecule has 0 saturated carbocycles. The molecule has 2 aromatic rings.